The van der Waals surface area contributed by atoms with Crippen molar-refractivity contribution in [3.8, 4) is 11.5 Å². The van der Waals surface area contributed by atoms with E-state index in [9.17, 15) is 4.79 Å². The summed E-state index contributed by atoms with van der Waals surface area (Å²) >= 11 is 0. The van der Waals surface area contributed by atoms with Gasteiger partial charge in [0.1, 0.15) is 0 Å². The number of carbonyl (C=O) groups excluding carboxylic acids is 1. The Morgan fingerprint density at radius 3 is 2.83 bits per heavy atom. The van der Waals surface area contributed by atoms with Crippen molar-refractivity contribution in [2.75, 3.05) is 33.9 Å². The van der Waals surface area contributed by atoms with E-state index in [1.165, 1.54) is 0 Å². The van der Waals surface area contributed by atoms with Crippen LogP contribution in [0.4, 0.5) is 0 Å². The van der Waals surface area contributed by atoms with Crippen LogP contribution in [0.15, 0.2) is 30.9 Å². The zero-order chi connectivity index (χ0) is 17.4. The van der Waals surface area contributed by atoms with Gasteiger partial charge in [-0.25, -0.2) is 0 Å². The molecule has 132 valence electrons. The molecule has 0 spiro atoms. The number of methoxy groups -OCH3 is 2. The number of benzene rings is 1. The SMILES string of the molecule is C=CCNCCC1CCC(=O)N1CCc1ccc(OC)c(OC)c1. The number of ether oxygens (including phenoxy) is 2. The number of nitrogens with one attached hydrogen (secondary N) is 1. The van der Waals surface area contributed by atoms with Crippen molar-refractivity contribution in [1.29, 1.82) is 0 Å². The molecular formula is C19H28N2O3. The summed E-state index contributed by atoms with van der Waals surface area (Å²) < 4.78 is 10.6. The Morgan fingerprint density at radius 1 is 1.33 bits per heavy atom. The van der Waals surface area contributed by atoms with E-state index < -0.39 is 0 Å². The maximum absolute atomic E-state index is 12.2. The summed E-state index contributed by atoms with van der Waals surface area (Å²) in [5.74, 6) is 1.72. The summed E-state index contributed by atoms with van der Waals surface area (Å²) in [6.07, 6.45) is 5.29. The van der Waals surface area contributed by atoms with E-state index >= 15 is 0 Å². The second kappa shape index (κ2) is 9.33. The van der Waals surface area contributed by atoms with Gasteiger partial charge in [-0.05, 0) is 43.5 Å². The second-order valence-electron chi connectivity index (χ2n) is 6.00. The Labute approximate surface area is 144 Å². The fourth-order valence-corrected chi connectivity index (χ4v) is 3.16. The quantitative estimate of drug-likeness (QED) is 0.528. The van der Waals surface area contributed by atoms with Gasteiger partial charge in [0.05, 0.1) is 14.2 Å². The molecule has 5 heteroatoms. The maximum Gasteiger partial charge on any atom is 0.222 e. The van der Waals surface area contributed by atoms with Gasteiger partial charge < -0.3 is 19.7 Å². The fourth-order valence-electron chi connectivity index (χ4n) is 3.16. The molecule has 1 N–H and O–H groups in total. The number of hydrogen-bond donors (Lipinski definition) is 1. The first kappa shape index (κ1) is 18.3. The molecule has 24 heavy (non-hydrogen) atoms. The lowest BCUT2D eigenvalue weighted by Gasteiger charge is -2.25. The molecule has 1 fully saturated rings. The van der Waals surface area contributed by atoms with Crippen LogP contribution >= 0.6 is 0 Å². The third-order valence-corrected chi connectivity index (χ3v) is 4.48. The van der Waals surface area contributed by atoms with Crippen LogP contribution in [0.5, 0.6) is 11.5 Å². The molecular weight excluding hydrogens is 304 g/mol. The number of likely N-dealkylation sites (tertiary alicyclic amines) is 1. The molecule has 1 saturated heterocycles. The Balaban J connectivity index is 1.91. The summed E-state index contributed by atoms with van der Waals surface area (Å²) in [4.78, 5) is 14.2. The summed E-state index contributed by atoms with van der Waals surface area (Å²) in [7, 11) is 3.27. The molecule has 1 aromatic rings. The fraction of sp³-hybridized carbons (Fsp3) is 0.526. The molecule has 0 saturated carbocycles. The van der Waals surface area contributed by atoms with E-state index in [4.69, 9.17) is 9.47 Å². The number of nitrogens with zero attached hydrogens (tertiary/aromatic N) is 1. The molecule has 1 atom stereocenters. The molecule has 5 nitrogen and oxygen atoms in total. The lowest BCUT2D eigenvalue weighted by molar-refractivity contribution is -0.129. The van der Waals surface area contributed by atoms with Crippen molar-refractivity contribution in [3.05, 3.63) is 36.4 Å². The highest BCUT2D eigenvalue weighted by atomic mass is 16.5. The molecule has 1 amide bonds. The van der Waals surface area contributed by atoms with Crippen LogP contribution in [-0.4, -0.2) is 50.7 Å². The van der Waals surface area contributed by atoms with E-state index in [1.54, 1.807) is 14.2 Å². The highest BCUT2D eigenvalue weighted by molar-refractivity contribution is 5.78. The normalized spacial score (nSPS) is 17.2. The standard InChI is InChI=1S/C19H28N2O3/c1-4-11-20-12-9-16-6-8-19(22)21(16)13-10-15-5-7-17(23-2)18(14-15)24-3/h4-5,7,14,16,20H,1,6,8-13H2,2-3H3. The van der Waals surface area contributed by atoms with Crippen LogP contribution in [-0.2, 0) is 11.2 Å². The van der Waals surface area contributed by atoms with Gasteiger partial charge in [-0.3, -0.25) is 4.79 Å². The van der Waals surface area contributed by atoms with Gasteiger partial charge in [-0.1, -0.05) is 12.1 Å². The predicted molar refractivity (Wildman–Crippen MR) is 95.7 cm³/mol. The maximum atomic E-state index is 12.2. The average Bonchev–Trinajstić information content (AvgIpc) is 2.96. The molecule has 1 heterocycles. The van der Waals surface area contributed by atoms with Crippen molar-refractivity contribution in [3.63, 3.8) is 0 Å². The molecule has 0 aliphatic carbocycles. The number of carbonyl (C=O) groups is 1. The molecule has 0 radical (unpaired) electrons. The largest absolute Gasteiger partial charge is 0.493 e. The third-order valence-electron chi connectivity index (χ3n) is 4.48. The van der Waals surface area contributed by atoms with Crippen molar-refractivity contribution >= 4 is 5.91 Å². The Bertz CT molecular complexity index is 560. The van der Waals surface area contributed by atoms with Gasteiger partial charge in [-0.15, -0.1) is 6.58 Å². The Hall–Kier alpha value is -2.01. The number of rotatable bonds is 10. The van der Waals surface area contributed by atoms with E-state index in [2.05, 4.69) is 11.9 Å². The second-order valence-corrected chi connectivity index (χ2v) is 6.00. The molecule has 1 unspecified atom stereocenters. The molecule has 0 aromatic heterocycles. The molecule has 1 aliphatic rings. The first-order valence-corrected chi connectivity index (χ1v) is 8.51. The predicted octanol–water partition coefficient (Wildman–Crippen LogP) is 2.40. The molecule has 0 bridgehead atoms. The van der Waals surface area contributed by atoms with E-state index in [0.717, 1.165) is 56.0 Å². The first-order chi connectivity index (χ1) is 11.7. The zero-order valence-corrected chi connectivity index (χ0v) is 14.7. The van der Waals surface area contributed by atoms with Crippen molar-refractivity contribution in [2.24, 2.45) is 0 Å². The van der Waals surface area contributed by atoms with Crippen LogP contribution in [0.3, 0.4) is 0 Å². The highest BCUT2D eigenvalue weighted by Crippen LogP contribution is 2.28. The minimum absolute atomic E-state index is 0.268. The zero-order valence-electron chi connectivity index (χ0n) is 14.7. The van der Waals surface area contributed by atoms with E-state index in [-0.39, 0.29) is 5.91 Å². The highest BCUT2D eigenvalue weighted by Gasteiger charge is 2.29. The first-order valence-electron chi connectivity index (χ1n) is 8.51. The monoisotopic (exact) mass is 332 g/mol. The molecule has 2 rings (SSSR count). The minimum atomic E-state index is 0.268. The summed E-state index contributed by atoms with van der Waals surface area (Å²) in [5, 5.41) is 3.31. The third kappa shape index (κ3) is 4.74. The van der Waals surface area contributed by atoms with E-state index in [1.807, 2.05) is 29.2 Å². The number of amides is 1. The lowest BCUT2D eigenvalue weighted by Crippen LogP contribution is -2.36. The van der Waals surface area contributed by atoms with E-state index in [0.29, 0.717) is 12.5 Å². The van der Waals surface area contributed by atoms with Crippen molar-refractivity contribution in [2.45, 2.75) is 31.7 Å². The summed E-state index contributed by atoms with van der Waals surface area (Å²) in [6, 6.07) is 6.27. The summed E-state index contributed by atoms with van der Waals surface area (Å²) in [5.41, 5.74) is 1.15. The lowest BCUT2D eigenvalue weighted by atomic mass is 10.1. The summed E-state index contributed by atoms with van der Waals surface area (Å²) in [6.45, 7) is 6.18. The molecule has 1 aliphatic heterocycles. The van der Waals surface area contributed by atoms with Crippen LogP contribution in [0.1, 0.15) is 24.8 Å². The van der Waals surface area contributed by atoms with Gasteiger partial charge in [0, 0.05) is 25.6 Å². The Morgan fingerprint density at radius 2 is 2.12 bits per heavy atom. The van der Waals surface area contributed by atoms with Gasteiger partial charge in [-0.2, -0.15) is 0 Å². The smallest absolute Gasteiger partial charge is 0.222 e. The van der Waals surface area contributed by atoms with Gasteiger partial charge >= 0.3 is 0 Å². The Kier molecular flexibility index (Phi) is 7.12. The van der Waals surface area contributed by atoms with Crippen molar-refractivity contribution in [1.82, 2.24) is 10.2 Å². The van der Waals surface area contributed by atoms with Crippen LogP contribution in [0, 0.1) is 0 Å². The number of hydrogen-bond acceptors (Lipinski definition) is 4. The van der Waals surface area contributed by atoms with Crippen LogP contribution in [0.25, 0.3) is 0 Å². The van der Waals surface area contributed by atoms with Gasteiger partial charge in [0.25, 0.3) is 0 Å². The average molecular weight is 332 g/mol. The van der Waals surface area contributed by atoms with Gasteiger partial charge in [0.2, 0.25) is 5.91 Å². The van der Waals surface area contributed by atoms with Crippen molar-refractivity contribution < 1.29 is 14.3 Å². The van der Waals surface area contributed by atoms with Gasteiger partial charge in [0.15, 0.2) is 11.5 Å². The molecule has 1 aromatic carbocycles. The van der Waals surface area contributed by atoms with Crippen LogP contribution < -0.4 is 14.8 Å². The van der Waals surface area contributed by atoms with Crippen LogP contribution in [0.2, 0.25) is 0 Å². The minimum Gasteiger partial charge on any atom is -0.493 e. The topological polar surface area (TPSA) is 50.8 Å².